The largest absolute Gasteiger partial charge is 0.497 e. The lowest BCUT2D eigenvalue weighted by Gasteiger charge is -2.11. The van der Waals surface area contributed by atoms with Crippen molar-refractivity contribution in [1.82, 2.24) is 4.98 Å². The number of amides is 1. The summed E-state index contributed by atoms with van der Waals surface area (Å²) >= 11 is 0. The van der Waals surface area contributed by atoms with E-state index in [-0.39, 0.29) is 12.5 Å². The van der Waals surface area contributed by atoms with Crippen LogP contribution in [0.25, 0.3) is 10.9 Å². The second-order valence-corrected chi connectivity index (χ2v) is 5.34. The van der Waals surface area contributed by atoms with Crippen LogP contribution in [0.4, 0.5) is 5.69 Å². The van der Waals surface area contributed by atoms with E-state index in [1.165, 1.54) is 0 Å². The van der Waals surface area contributed by atoms with Gasteiger partial charge in [0.2, 0.25) is 0 Å². The molecule has 24 heavy (non-hydrogen) atoms. The Morgan fingerprint density at radius 3 is 2.58 bits per heavy atom. The molecule has 0 aliphatic heterocycles. The molecule has 0 aliphatic carbocycles. The molecular formula is C19H18N2O3. The molecule has 0 radical (unpaired) electrons. The van der Waals surface area contributed by atoms with Gasteiger partial charge in [0.1, 0.15) is 11.5 Å². The number of aryl methyl sites for hydroxylation is 1. The van der Waals surface area contributed by atoms with Crippen LogP contribution in [0.2, 0.25) is 0 Å². The molecule has 1 heterocycles. The van der Waals surface area contributed by atoms with Gasteiger partial charge in [-0.3, -0.25) is 9.78 Å². The summed E-state index contributed by atoms with van der Waals surface area (Å²) < 4.78 is 10.6. The van der Waals surface area contributed by atoms with Gasteiger partial charge in [0, 0.05) is 11.6 Å². The fourth-order valence-corrected chi connectivity index (χ4v) is 2.43. The van der Waals surface area contributed by atoms with Crippen molar-refractivity contribution in [1.29, 1.82) is 0 Å². The van der Waals surface area contributed by atoms with E-state index in [4.69, 9.17) is 9.47 Å². The first-order valence-corrected chi connectivity index (χ1v) is 7.58. The van der Waals surface area contributed by atoms with E-state index in [0.29, 0.717) is 5.75 Å². The van der Waals surface area contributed by atoms with Crippen LogP contribution in [0.5, 0.6) is 11.5 Å². The van der Waals surface area contributed by atoms with Gasteiger partial charge in [-0.15, -0.1) is 0 Å². The summed E-state index contributed by atoms with van der Waals surface area (Å²) in [7, 11) is 1.60. The Morgan fingerprint density at radius 1 is 1.08 bits per heavy atom. The lowest BCUT2D eigenvalue weighted by Crippen LogP contribution is -2.20. The Kier molecular flexibility index (Phi) is 4.61. The molecule has 0 saturated heterocycles. The van der Waals surface area contributed by atoms with Gasteiger partial charge >= 0.3 is 0 Å². The van der Waals surface area contributed by atoms with Crippen molar-refractivity contribution < 1.29 is 14.3 Å². The van der Waals surface area contributed by atoms with Crippen LogP contribution in [0, 0.1) is 6.92 Å². The monoisotopic (exact) mass is 322 g/mol. The van der Waals surface area contributed by atoms with E-state index >= 15 is 0 Å². The number of hydrogen-bond acceptors (Lipinski definition) is 4. The van der Waals surface area contributed by atoms with Crippen molar-refractivity contribution in [3.63, 3.8) is 0 Å². The highest BCUT2D eigenvalue weighted by atomic mass is 16.5. The zero-order valence-corrected chi connectivity index (χ0v) is 13.6. The summed E-state index contributed by atoms with van der Waals surface area (Å²) in [6.07, 6.45) is 1.74. The normalized spacial score (nSPS) is 10.4. The standard InChI is InChI=1S/C19H18N2O3/c1-13-5-10-17(16-4-3-11-20-19(13)16)21-18(22)12-24-15-8-6-14(23-2)7-9-15/h3-11H,12H2,1-2H3,(H,21,22). The van der Waals surface area contributed by atoms with Crippen LogP contribution in [0.1, 0.15) is 5.56 Å². The van der Waals surface area contributed by atoms with Crippen LogP contribution < -0.4 is 14.8 Å². The molecule has 5 nitrogen and oxygen atoms in total. The number of carbonyl (C=O) groups excluding carboxylic acids is 1. The lowest BCUT2D eigenvalue weighted by molar-refractivity contribution is -0.118. The van der Waals surface area contributed by atoms with Crippen molar-refractivity contribution in [3.05, 3.63) is 60.3 Å². The van der Waals surface area contributed by atoms with Crippen molar-refractivity contribution in [3.8, 4) is 11.5 Å². The number of ether oxygens (including phenoxy) is 2. The molecule has 2 aromatic carbocycles. The van der Waals surface area contributed by atoms with Crippen molar-refractivity contribution in [2.45, 2.75) is 6.92 Å². The van der Waals surface area contributed by atoms with Gasteiger partial charge in [-0.25, -0.2) is 0 Å². The predicted octanol–water partition coefficient (Wildman–Crippen LogP) is 3.57. The Balaban J connectivity index is 1.67. The molecule has 3 aromatic rings. The molecule has 5 heteroatoms. The summed E-state index contributed by atoms with van der Waals surface area (Å²) in [4.78, 5) is 16.5. The Bertz CT molecular complexity index is 860. The molecule has 3 rings (SSSR count). The number of pyridine rings is 1. The maximum atomic E-state index is 12.2. The van der Waals surface area contributed by atoms with Crippen LogP contribution in [0.3, 0.4) is 0 Å². The topological polar surface area (TPSA) is 60.5 Å². The van der Waals surface area contributed by atoms with Gasteiger partial charge in [-0.2, -0.15) is 0 Å². The van der Waals surface area contributed by atoms with Crippen molar-refractivity contribution in [2.24, 2.45) is 0 Å². The first kappa shape index (κ1) is 15.8. The quantitative estimate of drug-likeness (QED) is 0.780. The minimum absolute atomic E-state index is 0.0675. The first-order chi connectivity index (χ1) is 11.7. The number of methoxy groups -OCH3 is 1. The summed E-state index contributed by atoms with van der Waals surface area (Å²) in [5.74, 6) is 1.13. The number of carbonyl (C=O) groups is 1. The smallest absolute Gasteiger partial charge is 0.262 e. The summed E-state index contributed by atoms with van der Waals surface area (Å²) in [5, 5.41) is 3.79. The van der Waals surface area contributed by atoms with Gasteiger partial charge in [-0.1, -0.05) is 6.07 Å². The summed E-state index contributed by atoms with van der Waals surface area (Å²) in [6.45, 7) is 1.93. The predicted molar refractivity (Wildman–Crippen MR) is 93.6 cm³/mol. The molecule has 0 fully saturated rings. The zero-order valence-electron chi connectivity index (χ0n) is 13.6. The third kappa shape index (κ3) is 3.46. The number of nitrogens with one attached hydrogen (secondary N) is 1. The van der Waals surface area contributed by atoms with E-state index < -0.39 is 0 Å². The summed E-state index contributed by atoms with van der Waals surface area (Å²) in [6, 6.07) is 14.7. The Hall–Kier alpha value is -3.08. The number of anilines is 1. The zero-order chi connectivity index (χ0) is 16.9. The number of fused-ring (bicyclic) bond motifs is 1. The number of benzene rings is 2. The third-order valence-electron chi connectivity index (χ3n) is 3.67. The van der Waals surface area contributed by atoms with Crippen LogP contribution in [-0.2, 0) is 4.79 Å². The number of hydrogen-bond donors (Lipinski definition) is 1. The maximum absolute atomic E-state index is 12.2. The van der Waals surface area contributed by atoms with Gasteiger partial charge in [-0.05, 0) is 55.0 Å². The number of aromatic nitrogens is 1. The van der Waals surface area contributed by atoms with Gasteiger partial charge < -0.3 is 14.8 Å². The van der Waals surface area contributed by atoms with E-state index in [0.717, 1.165) is 27.9 Å². The lowest BCUT2D eigenvalue weighted by atomic mass is 10.1. The second-order valence-electron chi connectivity index (χ2n) is 5.34. The van der Waals surface area contributed by atoms with Gasteiger partial charge in [0.25, 0.3) is 5.91 Å². The highest BCUT2D eigenvalue weighted by Crippen LogP contribution is 2.24. The highest BCUT2D eigenvalue weighted by molar-refractivity contribution is 6.02. The minimum atomic E-state index is -0.222. The number of nitrogens with zero attached hydrogens (tertiary/aromatic N) is 1. The molecule has 0 atom stereocenters. The van der Waals surface area contributed by atoms with Gasteiger partial charge in [0.05, 0.1) is 18.3 Å². The molecule has 122 valence electrons. The van der Waals surface area contributed by atoms with Crippen LogP contribution in [0.15, 0.2) is 54.7 Å². The third-order valence-corrected chi connectivity index (χ3v) is 3.67. The fourth-order valence-electron chi connectivity index (χ4n) is 2.43. The average Bonchev–Trinajstić information content (AvgIpc) is 2.63. The molecule has 0 spiro atoms. The first-order valence-electron chi connectivity index (χ1n) is 7.58. The van der Waals surface area contributed by atoms with Crippen molar-refractivity contribution in [2.75, 3.05) is 19.0 Å². The second kappa shape index (κ2) is 7.00. The van der Waals surface area contributed by atoms with E-state index in [9.17, 15) is 4.79 Å². The fraction of sp³-hybridized carbons (Fsp3) is 0.158. The molecule has 0 unspecified atom stereocenters. The molecule has 0 saturated carbocycles. The van der Waals surface area contributed by atoms with Crippen LogP contribution in [-0.4, -0.2) is 24.6 Å². The highest BCUT2D eigenvalue weighted by Gasteiger charge is 2.08. The molecule has 1 amide bonds. The van der Waals surface area contributed by atoms with E-state index in [1.807, 2.05) is 31.2 Å². The maximum Gasteiger partial charge on any atom is 0.262 e. The molecule has 1 aromatic heterocycles. The number of rotatable bonds is 5. The Morgan fingerprint density at radius 2 is 1.83 bits per heavy atom. The molecule has 0 bridgehead atoms. The van der Waals surface area contributed by atoms with E-state index in [1.54, 1.807) is 37.6 Å². The van der Waals surface area contributed by atoms with Gasteiger partial charge in [0.15, 0.2) is 6.61 Å². The van der Waals surface area contributed by atoms with E-state index in [2.05, 4.69) is 10.3 Å². The van der Waals surface area contributed by atoms with Crippen LogP contribution >= 0.6 is 0 Å². The Labute approximate surface area is 140 Å². The SMILES string of the molecule is COc1ccc(OCC(=O)Nc2ccc(C)c3ncccc23)cc1. The molecule has 1 N–H and O–H groups in total. The summed E-state index contributed by atoms with van der Waals surface area (Å²) in [5.41, 5.74) is 2.68. The van der Waals surface area contributed by atoms with Crippen molar-refractivity contribution >= 4 is 22.5 Å². The molecule has 0 aliphatic rings. The molecular weight excluding hydrogens is 304 g/mol. The minimum Gasteiger partial charge on any atom is -0.497 e. The average molecular weight is 322 g/mol.